The summed E-state index contributed by atoms with van der Waals surface area (Å²) in [4.78, 5) is 12.7. The molecule has 2 fully saturated rings. The van der Waals surface area contributed by atoms with Crippen molar-refractivity contribution in [2.45, 2.75) is 57.1 Å². The summed E-state index contributed by atoms with van der Waals surface area (Å²) in [6.45, 7) is 2.65. The first-order chi connectivity index (χ1) is 13.0. The maximum Gasteiger partial charge on any atom is 0.292 e. The number of benzene rings is 1. The molecule has 27 heavy (non-hydrogen) atoms. The smallest absolute Gasteiger partial charge is 0.292 e. The van der Waals surface area contributed by atoms with Crippen molar-refractivity contribution in [3.63, 3.8) is 0 Å². The first-order valence-corrected chi connectivity index (χ1v) is 10.2. The van der Waals surface area contributed by atoms with Crippen LogP contribution in [0.15, 0.2) is 29.2 Å². The summed E-state index contributed by atoms with van der Waals surface area (Å²) >= 11 is 12.6. The molecule has 1 unspecified atom stereocenters. The van der Waals surface area contributed by atoms with Gasteiger partial charge in [-0.05, 0) is 50.3 Å². The van der Waals surface area contributed by atoms with Crippen LogP contribution >= 0.6 is 23.2 Å². The molecular formula is C20H23Cl2N3O2. The largest absolute Gasteiger partial charge is 0.379 e. The van der Waals surface area contributed by atoms with Gasteiger partial charge in [-0.15, -0.1) is 0 Å². The second kappa shape index (κ2) is 7.46. The maximum atomic E-state index is 12.7. The first-order valence-electron chi connectivity index (χ1n) is 9.42. The van der Waals surface area contributed by atoms with E-state index >= 15 is 0 Å². The monoisotopic (exact) mass is 407 g/mol. The predicted molar refractivity (Wildman–Crippen MR) is 108 cm³/mol. The average Bonchev–Trinajstić information content (AvgIpc) is 3.09. The molecule has 4 rings (SSSR count). The molecule has 2 heterocycles. The van der Waals surface area contributed by atoms with Gasteiger partial charge < -0.3 is 10.1 Å². The molecule has 1 aromatic heterocycles. The summed E-state index contributed by atoms with van der Waals surface area (Å²) in [6, 6.07) is 5.62. The first kappa shape index (κ1) is 18.8. The van der Waals surface area contributed by atoms with Crippen molar-refractivity contribution in [2.24, 2.45) is 0 Å². The van der Waals surface area contributed by atoms with E-state index < -0.39 is 0 Å². The molecule has 2 aliphatic rings. The fraction of sp³-hybridized carbons (Fsp3) is 0.500. The highest BCUT2D eigenvalue weighted by Crippen LogP contribution is 2.40. The van der Waals surface area contributed by atoms with Crippen molar-refractivity contribution >= 4 is 28.9 Å². The fourth-order valence-corrected chi connectivity index (χ4v) is 4.53. The standard InChI is InChI=1S/C20H23Cl2N3O2/c1-13-4-5-15(10-16(13)21)25-19(26)18(22)17(12-23-25)24-14-6-9-27-20(11-14)7-2-3-8-20/h4-5,10,12,14,24H,2-3,6-9,11H2,1H3. The molecule has 1 aliphatic heterocycles. The Morgan fingerprint density at radius 3 is 2.81 bits per heavy atom. The molecule has 1 spiro atoms. The number of hydrogen-bond acceptors (Lipinski definition) is 4. The van der Waals surface area contributed by atoms with Crippen molar-refractivity contribution in [1.29, 1.82) is 0 Å². The minimum atomic E-state index is -0.357. The van der Waals surface area contributed by atoms with E-state index in [1.54, 1.807) is 18.3 Å². The van der Waals surface area contributed by atoms with E-state index in [0.717, 1.165) is 37.9 Å². The van der Waals surface area contributed by atoms with Crippen LogP contribution in [0.1, 0.15) is 44.1 Å². The minimum absolute atomic E-state index is 0.00343. The zero-order valence-corrected chi connectivity index (χ0v) is 16.8. The molecule has 1 aliphatic carbocycles. The molecule has 7 heteroatoms. The molecule has 0 amide bonds. The number of aryl methyl sites for hydroxylation is 1. The third-order valence-corrected chi connectivity index (χ3v) is 6.46. The van der Waals surface area contributed by atoms with E-state index in [1.807, 2.05) is 13.0 Å². The van der Waals surface area contributed by atoms with Gasteiger partial charge in [0.1, 0.15) is 5.02 Å². The number of rotatable bonds is 3. The summed E-state index contributed by atoms with van der Waals surface area (Å²) in [5.74, 6) is 0. The van der Waals surface area contributed by atoms with Gasteiger partial charge in [0.25, 0.3) is 5.56 Å². The van der Waals surface area contributed by atoms with Gasteiger partial charge in [0.05, 0.1) is 23.2 Å². The third-order valence-electron chi connectivity index (χ3n) is 5.69. The number of aromatic nitrogens is 2. The lowest BCUT2D eigenvalue weighted by atomic mass is 9.89. The fourth-order valence-electron chi connectivity index (χ4n) is 4.17. The Labute approximate surface area is 168 Å². The number of nitrogens with zero attached hydrogens (tertiary/aromatic N) is 2. The molecule has 2 aromatic rings. The topological polar surface area (TPSA) is 56.1 Å². The summed E-state index contributed by atoms with van der Waals surface area (Å²) < 4.78 is 7.36. The summed E-state index contributed by atoms with van der Waals surface area (Å²) in [7, 11) is 0. The lowest BCUT2D eigenvalue weighted by Crippen LogP contribution is -2.42. The highest BCUT2D eigenvalue weighted by molar-refractivity contribution is 6.33. The molecule has 144 valence electrons. The second-order valence-electron chi connectivity index (χ2n) is 7.60. The van der Waals surface area contributed by atoms with E-state index in [2.05, 4.69) is 10.4 Å². The SMILES string of the molecule is Cc1ccc(-n2ncc(NC3CCOC4(CCCC4)C3)c(Cl)c2=O)cc1Cl. The molecule has 1 N–H and O–H groups in total. The molecule has 0 radical (unpaired) electrons. The van der Waals surface area contributed by atoms with Gasteiger partial charge in [-0.1, -0.05) is 42.1 Å². The Morgan fingerprint density at radius 1 is 1.30 bits per heavy atom. The highest BCUT2D eigenvalue weighted by atomic mass is 35.5. The van der Waals surface area contributed by atoms with Crippen LogP contribution in [-0.4, -0.2) is 28.0 Å². The van der Waals surface area contributed by atoms with E-state index in [0.29, 0.717) is 16.4 Å². The van der Waals surface area contributed by atoms with Crippen LogP contribution < -0.4 is 10.9 Å². The van der Waals surface area contributed by atoms with E-state index in [9.17, 15) is 4.79 Å². The quantitative estimate of drug-likeness (QED) is 0.796. The van der Waals surface area contributed by atoms with Crippen molar-refractivity contribution < 1.29 is 4.74 Å². The number of hydrogen-bond donors (Lipinski definition) is 1. The van der Waals surface area contributed by atoms with Crippen molar-refractivity contribution in [3.8, 4) is 5.69 Å². The Kier molecular flexibility index (Phi) is 5.19. The van der Waals surface area contributed by atoms with Crippen molar-refractivity contribution in [1.82, 2.24) is 9.78 Å². The molecule has 1 saturated heterocycles. The number of nitrogens with one attached hydrogen (secondary N) is 1. The third kappa shape index (κ3) is 3.73. The Morgan fingerprint density at radius 2 is 2.07 bits per heavy atom. The second-order valence-corrected chi connectivity index (χ2v) is 8.38. The lowest BCUT2D eigenvalue weighted by molar-refractivity contribution is -0.0767. The molecule has 1 saturated carbocycles. The Bertz CT molecular complexity index is 907. The molecule has 5 nitrogen and oxygen atoms in total. The summed E-state index contributed by atoms with van der Waals surface area (Å²) in [5, 5.41) is 8.46. The Balaban J connectivity index is 1.57. The van der Waals surface area contributed by atoms with Gasteiger partial charge in [-0.3, -0.25) is 4.79 Å². The summed E-state index contributed by atoms with van der Waals surface area (Å²) in [6.07, 6.45) is 8.15. The molecule has 1 atom stereocenters. The van der Waals surface area contributed by atoms with Gasteiger partial charge in [-0.25, -0.2) is 0 Å². The summed E-state index contributed by atoms with van der Waals surface area (Å²) in [5.41, 5.74) is 1.77. The van der Waals surface area contributed by atoms with Gasteiger partial charge in [0.2, 0.25) is 0 Å². The van der Waals surface area contributed by atoms with Crippen LogP contribution in [0.5, 0.6) is 0 Å². The predicted octanol–water partition coefficient (Wildman–Crippen LogP) is 4.75. The number of ether oxygens (including phenoxy) is 1. The zero-order valence-electron chi connectivity index (χ0n) is 15.3. The van der Waals surface area contributed by atoms with Gasteiger partial charge in [0, 0.05) is 17.7 Å². The van der Waals surface area contributed by atoms with Crippen molar-refractivity contribution in [3.05, 3.63) is 50.4 Å². The van der Waals surface area contributed by atoms with E-state index in [4.69, 9.17) is 27.9 Å². The average molecular weight is 408 g/mol. The van der Waals surface area contributed by atoms with Gasteiger partial charge >= 0.3 is 0 Å². The highest BCUT2D eigenvalue weighted by Gasteiger charge is 2.40. The number of anilines is 1. The van der Waals surface area contributed by atoms with Gasteiger partial charge in [0.15, 0.2) is 0 Å². The zero-order chi connectivity index (χ0) is 19.0. The maximum absolute atomic E-state index is 12.7. The Hall–Kier alpha value is -1.56. The normalized spacial score (nSPS) is 21.5. The van der Waals surface area contributed by atoms with Crippen LogP contribution in [-0.2, 0) is 4.74 Å². The van der Waals surface area contributed by atoms with Crippen LogP contribution in [0.3, 0.4) is 0 Å². The lowest BCUT2D eigenvalue weighted by Gasteiger charge is -2.39. The van der Waals surface area contributed by atoms with Crippen molar-refractivity contribution in [2.75, 3.05) is 11.9 Å². The van der Waals surface area contributed by atoms with Crippen LogP contribution in [0.25, 0.3) is 5.69 Å². The van der Waals surface area contributed by atoms with Crippen LogP contribution in [0, 0.1) is 6.92 Å². The molecular weight excluding hydrogens is 385 g/mol. The number of halogens is 2. The minimum Gasteiger partial charge on any atom is -0.379 e. The van der Waals surface area contributed by atoms with E-state index in [1.165, 1.54) is 17.5 Å². The molecule has 0 bridgehead atoms. The van der Waals surface area contributed by atoms with Crippen LogP contribution in [0.4, 0.5) is 5.69 Å². The van der Waals surface area contributed by atoms with Gasteiger partial charge in [-0.2, -0.15) is 9.78 Å². The van der Waals surface area contributed by atoms with E-state index in [-0.39, 0.29) is 22.2 Å². The molecule has 1 aromatic carbocycles. The van der Waals surface area contributed by atoms with Crippen LogP contribution in [0.2, 0.25) is 10.0 Å².